The zero-order chi connectivity index (χ0) is 30.6. The number of sulfone groups is 1. The van der Waals surface area contributed by atoms with Crippen LogP contribution in [-0.4, -0.2) is 61.9 Å². The van der Waals surface area contributed by atoms with Gasteiger partial charge in [0.1, 0.15) is 29.6 Å². The molecule has 10 nitrogen and oxygen atoms in total. The van der Waals surface area contributed by atoms with Gasteiger partial charge in [-0.3, -0.25) is 9.63 Å². The van der Waals surface area contributed by atoms with Crippen molar-refractivity contribution in [2.75, 3.05) is 19.4 Å². The Kier molecular flexibility index (Phi) is 12.5. The molecule has 1 unspecified atom stereocenters. The third-order valence-corrected chi connectivity index (χ3v) is 7.18. The zero-order valence-corrected chi connectivity index (χ0v) is 24.1. The lowest BCUT2D eigenvalue weighted by atomic mass is 9.98. The number of rotatable bonds is 12. The van der Waals surface area contributed by atoms with E-state index in [1.54, 1.807) is 62.4 Å². The van der Waals surface area contributed by atoms with Gasteiger partial charge in [0.25, 0.3) is 5.91 Å². The minimum Gasteiger partial charge on any atom is -0.507 e. The normalized spacial score (nSPS) is 12.0. The van der Waals surface area contributed by atoms with E-state index in [0.29, 0.717) is 36.1 Å². The topological polar surface area (TPSA) is 162 Å². The maximum Gasteiger partial charge on any atom is 0.259 e. The monoisotopic (exact) mass is 584 g/mol. The van der Waals surface area contributed by atoms with Gasteiger partial charge in [-0.15, -0.1) is 0 Å². The average molecular weight is 585 g/mol. The number of aromatic hydroxyl groups is 3. The Balaban J connectivity index is 0.00000287. The molecule has 220 valence electrons. The van der Waals surface area contributed by atoms with E-state index in [2.05, 4.69) is 10.8 Å². The highest BCUT2D eigenvalue weighted by atomic mass is 32.2. The molecule has 0 radical (unpaired) electrons. The molecular weight excluding hydrogens is 548 g/mol. The van der Waals surface area contributed by atoms with E-state index in [1.165, 1.54) is 12.1 Å². The minimum absolute atomic E-state index is 0.176. The smallest absolute Gasteiger partial charge is 0.259 e. The Labute approximate surface area is 240 Å². The van der Waals surface area contributed by atoms with Crippen LogP contribution in [0.3, 0.4) is 0 Å². The standard InChI is InChI=1S/C29H34N2O7S.CH2O/c1-19-16-26(33)27(29(35)31-20(2)17-21-8-6-11-23(18-21)39(3,36)37)28(34)24(19)13-14-30-38-15-7-10-22-9-4-5-12-25(22)32;1-2/h4-12,16,18,20,30,32-34H,13-15,17H2,1-3H3,(H,31,35);1H2/b10-7+;. The van der Waals surface area contributed by atoms with Crippen molar-refractivity contribution < 1.29 is 38.2 Å². The van der Waals surface area contributed by atoms with Gasteiger partial charge in [-0.2, -0.15) is 0 Å². The number of carbonyl (C=O) groups is 2. The van der Waals surface area contributed by atoms with Crippen LogP contribution in [0.1, 0.15) is 39.5 Å². The largest absolute Gasteiger partial charge is 0.507 e. The number of phenols is 3. The molecule has 0 aliphatic rings. The summed E-state index contributed by atoms with van der Waals surface area (Å²) in [5.41, 5.74) is 5.09. The van der Waals surface area contributed by atoms with Gasteiger partial charge in [0.05, 0.1) is 11.5 Å². The van der Waals surface area contributed by atoms with Gasteiger partial charge >= 0.3 is 0 Å². The van der Waals surface area contributed by atoms with Crippen molar-refractivity contribution in [1.82, 2.24) is 10.8 Å². The van der Waals surface area contributed by atoms with Crippen molar-refractivity contribution in [3.8, 4) is 17.2 Å². The van der Waals surface area contributed by atoms with Crippen LogP contribution >= 0.6 is 0 Å². The Morgan fingerprint density at radius 2 is 1.76 bits per heavy atom. The van der Waals surface area contributed by atoms with E-state index in [1.807, 2.05) is 12.9 Å². The predicted octanol–water partition coefficient (Wildman–Crippen LogP) is 3.47. The second-order valence-corrected chi connectivity index (χ2v) is 11.3. The molecule has 0 bridgehead atoms. The van der Waals surface area contributed by atoms with E-state index in [4.69, 9.17) is 9.63 Å². The molecule has 0 spiro atoms. The predicted molar refractivity (Wildman–Crippen MR) is 157 cm³/mol. The second-order valence-electron chi connectivity index (χ2n) is 9.33. The summed E-state index contributed by atoms with van der Waals surface area (Å²) in [4.78, 5) is 26.5. The van der Waals surface area contributed by atoms with Crippen molar-refractivity contribution in [3.63, 3.8) is 0 Å². The van der Waals surface area contributed by atoms with E-state index in [9.17, 15) is 28.5 Å². The molecule has 1 amide bonds. The maximum atomic E-state index is 13.0. The summed E-state index contributed by atoms with van der Waals surface area (Å²) in [5.74, 6) is -1.11. The molecule has 0 saturated heterocycles. The molecule has 3 aromatic carbocycles. The molecule has 41 heavy (non-hydrogen) atoms. The van der Waals surface area contributed by atoms with Crippen LogP contribution in [0.25, 0.3) is 6.08 Å². The number of benzene rings is 3. The fourth-order valence-corrected chi connectivity index (χ4v) is 4.82. The Morgan fingerprint density at radius 1 is 1.05 bits per heavy atom. The molecule has 0 aliphatic heterocycles. The molecule has 0 fully saturated rings. The molecule has 3 rings (SSSR count). The first-order valence-electron chi connectivity index (χ1n) is 12.7. The van der Waals surface area contributed by atoms with E-state index in [0.717, 1.165) is 11.8 Å². The number of nitrogens with one attached hydrogen (secondary N) is 2. The average Bonchev–Trinajstić information content (AvgIpc) is 2.91. The van der Waals surface area contributed by atoms with E-state index >= 15 is 0 Å². The number of phenolic OH excluding ortho intramolecular Hbond substituents is 3. The summed E-state index contributed by atoms with van der Waals surface area (Å²) >= 11 is 0. The number of hydrogen-bond acceptors (Lipinski definition) is 9. The molecule has 5 N–H and O–H groups in total. The van der Waals surface area contributed by atoms with Crippen molar-refractivity contribution in [3.05, 3.63) is 88.5 Å². The third-order valence-electron chi connectivity index (χ3n) is 6.07. The fourth-order valence-electron chi connectivity index (χ4n) is 4.13. The summed E-state index contributed by atoms with van der Waals surface area (Å²) in [7, 11) is -3.35. The van der Waals surface area contributed by atoms with Gasteiger partial charge in [-0.05, 0) is 67.6 Å². The third kappa shape index (κ3) is 9.75. The number of aryl methyl sites for hydroxylation is 1. The van der Waals surface area contributed by atoms with Crippen LogP contribution in [0, 0.1) is 6.92 Å². The summed E-state index contributed by atoms with van der Waals surface area (Å²) in [6.45, 7) is 6.05. The molecule has 1 atom stereocenters. The van der Waals surface area contributed by atoms with Crippen molar-refractivity contribution in [2.45, 2.75) is 37.6 Å². The van der Waals surface area contributed by atoms with E-state index in [-0.39, 0.29) is 34.3 Å². The van der Waals surface area contributed by atoms with Gasteiger partial charge in [0.15, 0.2) is 9.84 Å². The number of amides is 1. The van der Waals surface area contributed by atoms with Gasteiger partial charge in [0, 0.05) is 24.4 Å². The van der Waals surface area contributed by atoms with Gasteiger partial charge in [-0.25, -0.2) is 13.9 Å². The quantitative estimate of drug-likeness (QED) is 0.158. The van der Waals surface area contributed by atoms with Crippen LogP contribution < -0.4 is 10.8 Å². The van der Waals surface area contributed by atoms with Crippen LogP contribution in [0.4, 0.5) is 0 Å². The second kappa shape index (κ2) is 15.6. The molecule has 3 aromatic rings. The lowest BCUT2D eigenvalue weighted by molar-refractivity contribution is -0.0980. The van der Waals surface area contributed by atoms with Crippen LogP contribution in [-0.2, 0) is 32.3 Å². The van der Waals surface area contributed by atoms with Gasteiger partial charge in [-0.1, -0.05) is 42.5 Å². The fraction of sp³-hybridized carbons (Fsp3) is 0.267. The SMILES string of the molecule is C=O.Cc1cc(O)c(C(=O)NC(C)Cc2cccc(S(C)(=O)=O)c2)c(O)c1CCNOC/C=C/c1ccccc1O. The van der Waals surface area contributed by atoms with Gasteiger partial charge < -0.3 is 25.4 Å². The van der Waals surface area contributed by atoms with Crippen molar-refractivity contribution >= 4 is 28.6 Å². The summed E-state index contributed by atoms with van der Waals surface area (Å²) in [5, 5.41) is 33.8. The molecule has 0 aliphatic carbocycles. The van der Waals surface area contributed by atoms with Crippen LogP contribution in [0.15, 0.2) is 65.6 Å². The number of hydroxylamine groups is 1. The number of para-hydroxylation sites is 1. The highest BCUT2D eigenvalue weighted by Crippen LogP contribution is 2.34. The number of hydrogen-bond donors (Lipinski definition) is 5. The first-order valence-corrected chi connectivity index (χ1v) is 14.6. The molecule has 0 heterocycles. The summed E-state index contributed by atoms with van der Waals surface area (Å²) < 4.78 is 23.6. The maximum absolute atomic E-state index is 13.0. The lowest BCUT2D eigenvalue weighted by Crippen LogP contribution is -2.34. The molecule has 0 saturated carbocycles. The summed E-state index contributed by atoms with van der Waals surface area (Å²) in [6.07, 6.45) is 5.30. The van der Waals surface area contributed by atoms with Crippen LogP contribution in [0.2, 0.25) is 0 Å². The molecule has 0 aromatic heterocycles. The zero-order valence-electron chi connectivity index (χ0n) is 23.3. The highest BCUT2D eigenvalue weighted by molar-refractivity contribution is 7.90. The van der Waals surface area contributed by atoms with Crippen molar-refractivity contribution in [1.29, 1.82) is 0 Å². The first-order chi connectivity index (χ1) is 19.5. The minimum atomic E-state index is -3.35. The highest BCUT2D eigenvalue weighted by Gasteiger charge is 2.23. The Bertz CT molecular complexity index is 1470. The Morgan fingerprint density at radius 3 is 2.44 bits per heavy atom. The molecular formula is C30H36N2O8S. The first kappa shape index (κ1) is 33.0. The summed E-state index contributed by atoms with van der Waals surface area (Å²) in [6, 6.07) is 14.5. The number of carbonyl (C=O) groups excluding carboxylic acids is 2. The van der Waals surface area contributed by atoms with Crippen LogP contribution in [0.5, 0.6) is 17.2 Å². The lowest BCUT2D eigenvalue weighted by Gasteiger charge is -2.18. The molecule has 11 heteroatoms. The van der Waals surface area contributed by atoms with Gasteiger partial charge in [0.2, 0.25) is 0 Å². The Hall–Kier alpha value is -4.19. The van der Waals surface area contributed by atoms with E-state index < -0.39 is 21.8 Å². The van der Waals surface area contributed by atoms with Crippen molar-refractivity contribution in [2.24, 2.45) is 0 Å².